The minimum atomic E-state index is 0.604. The van der Waals surface area contributed by atoms with E-state index in [0.717, 1.165) is 6.04 Å². The molecule has 1 heterocycles. The van der Waals surface area contributed by atoms with Gasteiger partial charge in [0.2, 0.25) is 0 Å². The maximum Gasteiger partial charge on any atom is 0.135 e. The minimum absolute atomic E-state index is 0.604. The molecule has 3 heteroatoms. The zero-order chi connectivity index (χ0) is 6.85. The quantitative estimate of drug-likeness (QED) is 0.427. The van der Waals surface area contributed by atoms with Crippen LogP contribution >= 0.6 is 10.8 Å². The second-order valence-electron chi connectivity index (χ2n) is 2.55. The molecule has 1 nitrogen and oxygen atoms in total. The first kappa shape index (κ1) is 7.76. The van der Waals surface area contributed by atoms with Crippen LogP contribution in [0.15, 0.2) is 0 Å². The second-order valence-corrected chi connectivity index (χ2v) is 7.21. The lowest BCUT2D eigenvalue weighted by Crippen LogP contribution is -2.42. The summed E-state index contributed by atoms with van der Waals surface area (Å²) in [6, 6.07) is 0.731. The second kappa shape index (κ2) is 3.17. The van der Waals surface area contributed by atoms with Crippen molar-refractivity contribution in [1.82, 2.24) is 5.32 Å². The van der Waals surface area contributed by atoms with Gasteiger partial charge in [-0.05, 0) is 13.8 Å². The molecule has 3 atom stereocenters. The van der Waals surface area contributed by atoms with Gasteiger partial charge >= 0.3 is 0 Å². The summed E-state index contributed by atoms with van der Waals surface area (Å²) in [6.07, 6.45) is 2.33. The van der Waals surface area contributed by atoms with Crippen LogP contribution in [0.25, 0.3) is 0 Å². The summed E-state index contributed by atoms with van der Waals surface area (Å²) in [4.78, 5) is 0. The van der Waals surface area contributed by atoms with Crippen molar-refractivity contribution in [3.05, 3.63) is 0 Å². The average molecular weight is 164 g/mol. The van der Waals surface area contributed by atoms with Gasteiger partial charge in [-0.25, -0.2) is 0 Å². The molecule has 0 aromatic heterocycles. The molecule has 0 saturated carbocycles. The van der Waals surface area contributed by atoms with E-state index < -0.39 is 0 Å². The third-order valence-corrected chi connectivity index (χ3v) is 5.30. The molecule has 0 bridgehead atoms. The summed E-state index contributed by atoms with van der Waals surface area (Å²) in [6.45, 7) is 4.50. The van der Waals surface area contributed by atoms with Crippen LogP contribution in [0.3, 0.4) is 0 Å². The topological polar surface area (TPSA) is 12.0 Å². The van der Waals surface area contributed by atoms with Crippen LogP contribution < -0.4 is 5.32 Å². The Morgan fingerprint density at radius 2 is 2.22 bits per heavy atom. The zero-order valence-corrected chi connectivity index (χ0v) is 7.81. The highest BCUT2D eigenvalue weighted by Gasteiger charge is 2.28. The largest absolute Gasteiger partial charge is 0.295 e. The van der Waals surface area contributed by atoms with E-state index in [0.29, 0.717) is 15.3 Å². The van der Waals surface area contributed by atoms with E-state index in [-0.39, 0.29) is 0 Å². The van der Waals surface area contributed by atoms with Gasteiger partial charge in [-0.15, -0.1) is 0 Å². The van der Waals surface area contributed by atoms with Crippen molar-refractivity contribution >= 4 is 20.7 Å². The predicted octanol–water partition coefficient (Wildman–Crippen LogP) is 1.22. The molecule has 0 aliphatic carbocycles. The zero-order valence-electron chi connectivity index (χ0n) is 6.18. The lowest BCUT2D eigenvalue weighted by molar-refractivity contribution is 0.590. The Morgan fingerprint density at radius 3 is 2.67 bits per heavy atom. The van der Waals surface area contributed by atoms with Gasteiger partial charge < -0.3 is 0 Å². The van der Waals surface area contributed by atoms with E-state index in [4.69, 9.17) is 0 Å². The lowest BCUT2D eigenvalue weighted by atomic mass is 10.4. The summed E-state index contributed by atoms with van der Waals surface area (Å²) >= 11 is 0. The van der Waals surface area contributed by atoms with Gasteiger partial charge in [-0.3, -0.25) is 5.32 Å². The molecule has 0 radical (unpaired) electrons. The molecule has 0 aromatic rings. The van der Waals surface area contributed by atoms with Crippen molar-refractivity contribution in [3.63, 3.8) is 0 Å². The van der Waals surface area contributed by atoms with Gasteiger partial charge in [-0.1, -0.05) is 0 Å². The fourth-order valence-corrected chi connectivity index (χ4v) is 5.27. The smallest absolute Gasteiger partial charge is 0.135 e. The summed E-state index contributed by atoms with van der Waals surface area (Å²) in [5.74, 6) is 1.34. The van der Waals surface area contributed by atoms with Crippen molar-refractivity contribution < 1.29 is 0 Å². The first-order chi connectivity index (χ1) is 4.18. The van der Waals surface area contributed by atoms with Crippen molar-refractivity contribution in [2.45, 2.75) is 25.3 Å². The van der Waals surface area contributed by atoms with E-state index in [1.165, 1.54) is 5.75 Å². The molecule has 1 aliphatic rings. The molecule has 1 fully saturated rings. The Bertz CT molecular complexity index is 72.0. The van der Waals surface area contributed by atoms with Gasteiger partial charge in [-0.2, -0.15) is 0 Å². The van der Waals surface area contributed by atoms with Crippen LogP contribution in [0.1, 0.15) is 13.8 Å². The summed E-state index contributed by atoms with van der Waals surface area (Å²) in [5, 5.41) is 4.15. The lowest BCUT2D eigenvalue weighted by Gasteiger charge is -2.22. The van der Waals surface area contributed by atoms with E-state index in [9.17, 15) is 0 Å². The van der Waals surface area contributed by atoms with Crippen molar-refractivity contribution in [2.75, 3.05) is 12.0 Å². The fourth-order valence-electron chi connectivity index (χ4n) is 1.11. The normalized spacial score (nSPS) is 45.0. The standard InChI is InChI=1S/C6H14NS2/c1-5-4-9(3)8-6(2)7-5/h5-7H,4H2,1-3H3/q+1. The highest BCUT2D eigenvalue weighted by atomic mass is 33.1. The van der Waals surface area contributed by atoms with Crippen LogP contribution in [0, 0.1) is 0 Å². The SMILES string of the molecule is CC1C[S+](C)SC(C)N1. The summed E-state index contributed by atoms with van der Waals surface area (Å²) in [5.41, 5.74) is 0. The van der Waals surface area contributed by atoms with Gasteiger partial charge in [0.25, 0.3) is 0 Å². The van der Waals surface area contributed by atoms with E-state index in [1.54, 1.807) is 0 Å². The molecular weight excluding hydrogens is 150 g/mol. The van der Waals surface area contributed by atoms with Crippen LogP contribution in [-0.4, -0.2) is 23.4 Å². The first-order valence-electron chi connectivity index (χ1n) is 3.24. The Kier molecular flexibility index (Phi) is 2.73. The highest BCUT2D eigenvalue weighted by Crippen LogP contribution is 2.23. The maximum absolute atomic E-state index is 3.48. The predicted molar refractivity (Wildman–Crippen MR) is 47.8 cm³/mol. The average Bonchev–Trinajstić information content (AvgIpc) is 1.59. The maximum atomic E-state index is 3.48. The Hall–Kier alpha value is 0.660. The fraction of sp³-hybridized carbons (Fsp3) is 1.00. The van der Waals surface area contributed by atoms with Crippen LogP contribution in [0.5, 0.6) is 0 Å². The first-order valence-corrected chi connectivity index (χ1v) is 6.44. The van der Waals surface area contributed by atoms with Crippen LogP contribution in [0.2, 0.25) is 0 Å². The monoisotopic (exact) mass is 164 g/mol. The molecule has 0 amide bonds. The molecule has 3 unspecified atom stereocenters. The number of rotatable bonds is 0. The number of nitrogens with one attached hydrogen (secondary N) is 1. The molecule has 1 rings (SSSR count). The Labute approximate surface area is 63.7 Å². The van der Waals surface area contributed by atoms with Crippen LogP contribution in [-0.2, 0) is 9.93 Å². The Morgan fingerprint density at radius 1 is 1.56 bits per heavy atom. The summed E-state index contributed by atoms with van der Waals surface area (Å²) in [7, 11) is 2.67. The molecular formula is C6H14NS2+. The van der Waals surface area contributed by atoms with Crippen molar-refractivity contribution in [3.8, 4) is 0 Å². The van der Waals surface area contributed by atoms with E-state index in [1.807, 2.05) is 0 Å². The molecule has 1 saturated heterocycles. The molecule has 0 aromatic carbocycles. The van der Waals surface area contributed by atoms with E-state index in [2.05, 4.69) is 36.2 Å². The third-order valence-electron chi connectivity index (χ3n) is 1.31. The molecule has 54 valence electrons. The number of hydrogen-bond donors (Lipinski definition) is 1. The van der Waals surface area contributed by atoms with Gasteiger partial charge in [0.1, 0.15) is 28.2 Å². The molecule has 1 aliphatic heterocycles. The van der Waals surface area contributed by atoms with Crippen LogP contribution in [0.4, 0.5) is 0 Å². The van der Waals surface area contributed by atoms with E-state index >= 15 is 0 Å². The van der Waals surface area contributed by atoms with Gasteiger partial charge in [0.15, 0.2) is 0 Å². The van der Waals surface area contributed by atoms with Gasteiger partial charge in [0, 0.05) is 0 Å². The molecule has 9 heavy (non-hydrogen) atoms. The van der Waals surface area contributed by atoms with Crippen molar-refractivity contribution in [1.29, 1.82) is 0 Å². The highest BCUT2D eigenvalue weighted by molar-refractivity contribution is 8.74. The van der Waals surface area contributed by atoms with Gasteiger partial charge in [0.05, 0.1) is 16.0 Å². The molecule has 0 spiro atoms. The molecule has 1 N–H and O–H groups in total. The minimum Gasteiger partial charge on any atom is -0.295 e. The third kappa shape index (κ3) is 2.40. The van der Waals surface area contributed by atoms with Crippen molar-refractivity contribution in [2.24, 2.45) is 0 Å². The Balaban J connectivity index is 2.34. The number of hydrogen-bond acceptors (Lipinski definition) is 2. The summed E-state index contributed by atoms with van der Waals surface area (Å²) < 4.78 is 0.